The molecule has 2 N–H and O–H groups in total. The number of aliphatic carboxylic acids is 1. The van der Waals surface area contributed by atoms with E-state index in [0.717, 1.165) is 0 Å². The summed E-state index contributed by atoms with van der Waals surface area (Å²) in [6.07, 6.45) is 1.53. The van der Waals surface area contributed by atoms with E-state index in [1.807, 2.05) is 0 Å². The topological polar surface area (TPSA) is 62.2 Å². The summed E-state index contributed by atoms with van der Waals surface area (Å²) in [5.74, 6) is -1.27. The van der Waals surface area contributed by atoms with Crippen molar-refractivity contribution in [2.24, 2.45) is 5.92 Å². The van der Waals surface area contributed by atoms with Crippen LogP contribution in [-0.2, 0) is 4.79 Å². The maximum atomic E-state index is 13.9. The fourth-order valence-electron chi connectivity index (χ4n) is 1.96. The van der Waals surface area contributed by atoms with Crippen molar-refractivity contribution in [2.75, 3.05) is 5.32 Å². The quantitative estimate of drug-likeness (QED) is 0.889. The van der Waals surface area contributed by atoms with Crippen LogP contribution in [0.4, 0.5) is 10.2 Å². The lowest BCUT2D eigenvalue weighted by Crippen LogP contribution is -2.34. The van der Waals surface area contributed by atoms with Gasteiger partial charge in [0.1, 0.15) is 17.7 Å². The molecule has 1 heterocycles. The molecule has 0 aliphatic rings. The van der Waals surface area contributed by atoms with Gasteiger partial charge in [0.25, 0.3) is 0 Å². The number of carbonyl (C=O) groups is 1. The van der Waals surface area contributed by atoms with Crippen molar-refractivity contribution in [3.63, 3.8) is 0 Å². The molecule has 1 aromatic heterocycles. The second kappa shape index (κ2) is 5.22. The number of aromatic nitrogens is 1. The molecule has 19 heavy (non-hydrogen) atoms. The lowest BCUT2D eigenvalue weighted by molar-refractivity contribution is -0.138. The molecule has 0 amide bonds. The zero-order valence-corrected chi connectivity index (χ0v) is 10.7. The largest absolute Gasteiger partial charge is 0.480 e. The van der Waals surface area contributed by atoms with E-state index in [0.29, 0.717) is 10.8 Å². The molecule has 0 aliphatic heterocycles. The van der Waals surface area contributed by atoms with Crippen LogP contribution in [0.3, 0.4) is 0 Å². The van der Waals surface area contributed by atoms with Gasteiger partial charge in [-0.15, -0.1) is 0 Å². The Bertz CT molecular complexity index is 608. The Morgan fingerprint density at radius 2 is 2.11 bits per heavy atom. The van der Waals surface area contributed by atoms with Crippen molar-refractivity contribution in [2.45, 2.75) is 19.9 Å². The van der Waals surface area contributed by atoms with Gasteiger partial charge in [-0.3, -0.25) is 0 Å². The molecule has 100 valence electrons. The minimum Gasteiger partial charge on any atom is -0.480 e. The van der Waals surface area contributed by atoms with Gasteiger partial charge in [0.15, 0.2) is 0 Å². The fraction of sp³-hybridized carbons (Fsp3) is 0.286. The molecule has 4 nitrogen and oxygen atoms in total. The lowest BCUT2D eigenvalue weighted by Gasteiger charge is -2.19. The number of hydrogen-bond donors (Lipinski definition) is 2. The zero-order valence-electron chi connectivity index (χ0n) is 10.7. The van der Waals surface area contributed by atoms with E-state index in [-0.39, 0.29) is 11.7 Å². The van der Waals surface area contributed by atoms with Crippen LogP contribution in [0.5, 0.6) is 0 Å². The molecule has 1 atom stereocenters. The first-order chi connectivity index (χ1) is 9.00. The summed E-state index contributed by atoms with van der Waals surface area (Å²) in [5, 5.41) is 13.0. The molecule has 0 aliphatic carbocycles. The minimum absolute atomic E-state index is 0.138. The maximum Gasteiger partial charge on any atom is 0.326 e. The van der Waals surface area contributed by atoms with Crippen molar-refractivity contribution in [1.82, 2.24) is 4.98 Å². The second-order valence-electron chi connectivity index (χ2n) is 4.70. The molecular weight excluding hydrogens is 247 g/mol. The first-order valence-electron chi connectivity index (χ1n) is 6.03. The Labute approximate surface area is 110 Å². The van der Waals surface area contributed by atoms with Crippen LogP contribution in [0.1, 0.15) is 13.8 Å². The molecule has 2 aromatic rings. The molecule has 5 heteroatoms. The second-order valence-corrected chi connectivity index (χ2v) is 4.70. The monoisotopic (exact) mass is 262 g/mol. The van der Waals surface area contributed by atoms with E-state index in [2.05, 4.69) is 10.3 Å². The molecule has 0 saturated heterocycles. The van der Waals surface area contributed by atoms with Gasteiger partial charge in [0, 0.05) is 6.20 Å². The van der Waals surface area contributed by atoms with Gasteiger partial charge in [-0.2, -0.15) is 0 Å². The first-order valence-corrected chi connectivity index (χ1v) is 6.03. The predicted octanol–water partition coefficient (Wildman–Crippen LogP) is 2.90. The number of anilines is 1. The van der Waals surface area contributed by atoms with E-state index >= 15 is 0 Å². The normalized spacial score (nSPS) is 12.6. The highest BCUT2D eigenvalue weighted by molar-refractivity contribution is 5.93. The molecule has 2 rings (SSSR count). The summed E-state index contributed by atoms with van der Waals surface area (Å²) in [5.41, 5.74) is 0. The Morgan fingerprint density at radius 1 is 1.37 bits per heavy atom. The first kappa shape index (κ1) is 13.3. The van der Waals surface area contributed by atoms with Crippen LogP contribution >= 0.6 is 0 Å². The van der Waals surface area contributed by atoms with Gasteiger partial charge < -0.3 is 10.4 Å². The summed E-state index contributed by atoms with van der Waals surface area (Å²) in [4.78, 5) is 15.2. The smallest absolute Gasteiger partial charge is 0.326 e. The number of benzene rings is 1. The number of carboxylic acids is 1. The summed E-state index contributed by atoms with van der Waals surface area (Å²) >= 11 is 0. The number of fused-ring (bicyclic) bond motifs is 1. The van der Waals surface area contributed by atoms with Crippen LogP contribution in [0.25, 0.3) is 10.8 Å². The summed E-state index contributed by atoms with van der Waals surface area (Å²) in [6, 6.07) is 5.59. The molecule has 0 bridgehead atoms. The van der Waals surface area contributed by atoms with Gasteiger partial charge >= 0.3 is 5.97 Å². The van der Waals surface area contributed by atoms with Crippen molar-refractivity contribution >= 4 is 22.6 Å². The van der Waals surface area contributed by atoms with Gasteiger partial charge in [-0.1, -0.05) is 26.0 Å². The number of nitrogens with one attached hydrogen (secondary N) is 1. The molecule has 1 unspecified atom stereocenters. The molecule has 0 fully saturated rings. The Morgan fingerprint density at radius 3 is 2.74 bits per heavy atom. The average molecular weight is 262 g/mol. The third kappa shape index (κ3) is 2.65. The Balaban J connectivity index is 2.48. The molecule has 0 spiro atoms. The summed E-state index contributed by atoms with van der Waals surface area (Å²) < 4.78 is 13.9. The summed E-state index contributed by atoms with van der Waals surface area (Å²) in [6.45, 7) is 3.57. The number of halogens is 1. The third-order valence-electron chi connectivity index (χ3n) is 2.97. The van der Waals surface area contributed by atoms with E-state index in [4.69, 9.17) is 5.11 Å². The lowest BCUT2D eigenvalue weighted by atomic mass is 10.0. The van der Waals surface area contributed by atoms with E-state index in [1.54, 1.807) is 32.0 Å². The standard InChI is InChI=1S/C14H15FN2O2/c1-8(2)12(14(18)19)17-13-11-9(6-7-16-13)4-3-5-10(11)15/h3-8,12H,1-2H3,(H,16,17)(H,18,19). The maximum absolute atomic E-state index is 13.9. The van der Waals surface area contributed by atoms with Gasteiger partial charge in [-0.05, 0) is 23.4 Å². The highest BCUT2D eigenvalue weighted by atomic mass is 19.1. The Hall–Kier alpha value is -2.17. The van der Waals surface area contributed by atoms with Crippen molar-refractivity contribution in [1.29, 1.82) is 0 Å². The third-order valence-corrected chi connectivity index (χ3v) is 2.97. The van der Waals surface area contributed by atoms with Crippen LogP contribution in [-0.4, -0.2) is 22.1 Å². The Kier molecular flexibility index (Phi) is 3.64. The summed E-state index contributed by atoms with van der Waals surface area (Å²) in [7, 11) is 0. The molecule has 1 aromatic carbocycles. The van der Waals surface area contributed by atoms with E-state index in [9.17, 15) is 9.18 Å². The van der Waals surface area contributed by atoms with Crippen LogP contribution in [0, 0.1) is 11.7 Å². The van der Waals surface area contributed by atoms with E-state index < -0.39 is 17.8 Å². The average Bonchev–Trinajstić information content (AvgIpc) is 2.35. The highest BCUT2D eigenvalue weighted by Crippen LogP contribution is 2.25. The predicted molar refractivity (Wildman–Crippen MR) is 71.6 cm³/mol. The van der Waals surface area contributed by atoms with Crippen molar-refractivity contribution < 1.29 is 14.3 Å². The zero-order chi connectivity index (χ0) is 14.0. The van der Waals surface area contributed by atoms with Gasteiger partial charge in [-0.25, -0.2) is 14.2 Å². The van der Waals surface area contributed by atoms with Crippen molar-refractivity contribution in [3.05, 3.63) is 36.3 Å². The number of pyridine rings is 1. The van der Waals surface area contributed by atoms with Gasteiger partial charge in [0.05, 0.1) is 5.39 Å². The molecule has 0 saturated carbocycles. The number of carboxylic acid groups (broad SMARTS) is 1. The minimum atomic E-state index is -0.981. The van der Waals surface area contributed by atoms with Gasteiger partial charge in [0.2, 0.25) is 0 Å². The number of rotatable bonds is 4. The molecular formula is C14H15FN2O2. The number of nitrogens with zero attached hydrogens (tertiary/aromatic N) is 1. The molecule has 0 radical (unpaired) electrons. The van der Waals surface area contributed by atoms with Crippen LogP contribution in [0.15, 0.2) is 30.5 Å². The van der Waals surface area contributed by atoms with E-state index in [1.165, 1.54) is 12.3 Å². The number of hydrogen-bond acceptors (Lipinski definition) is 3. The van der Waals surface area contributed by atoms with Crippen LogP contribution in [0.2, 0.25) is 0 Å². The van der Waals surface area contributed by atoms with Crippen molar-refractivity contribution in [3.8, 4) is 0 Å². The van der Waals surface area contributed by atoms with Crippen LogP contribution < -0.4 is 5.32 Å². The SMILES string of the molecule is CC(C)C(Nc1nccc2cccc(F)c12)C(=O)O. The fourth-order valence-corrected chi connectivity index (χ4v) is 1.96. The highest BCUT2D eigenvalue weighted by Gasteiger charge is 2.22.